The first kappa shape index (κ1) is 12.1. The van der Waals surface area contributed by atoms with Gasteiger partial charge in [0.2, 0.25) is 0 Å². The van der Waals surface area contributed by atoms with Gasteiger partial charge in [-0.3, -0.25) is 4.79 Å². The largest absolute Gasteiger partial charge is 0.318 e. The van der Waals surface area contributed by atoms with Crippen molar-refractivity contribution >= 4 is 5.78 Å². The monoisotopic (exact) mass is 251 g/mol. The highest BCUT2D eigenvalue weighted by molar-refractivity contribution is 5.90. The van der Waals surface area contributed by atoms with Crippen molar-refractivity contribution in [3.05, 3.63) is 71.8 Å². The molecule has 2 nitrogen and oxygen atoms in total. The second kappa shape index (κ2) is 4.98. The van der Waals surface area contributed by atoms with Crippen molar-refractivity contribution in [2.75, 3.05) is 0 Å². The Morgan fingerprint density at radius 3 is 2.21 bits per heavy atom. The van der Waals surface area contributed by atoms with E-state index >= 15 is 0 Å². The summed E-state index contributed by atoms with van der Waals surface area (Å²) >= 11 is 0. The number of Topliss-reactive ketones (excluding diaryl/α,β-unsaturated/α-hetero) is 1. The van der Waals surface area contributed by atoms with Gasteiger partial charge in [0.1, 0.15) is 0 Å². The number of carbonyl (C=O) groups is 1. The average molecular weight is 251 g/mol. The Hall–Kier alpha value is -1.93. The third-order valence-corrected chi connectivity index (χ3v) is 3.85. The molecule has 3 atom stereocenters. The third kappa shape index (κ3) is 2.45. The predicted octanol–water partition coefficient (Wildman–Crippen LogP) is 3.06. The van der Waals surface area contributed by atoms with Crippen LogP contribution in [0.15, 0.2) is 60.7 Å². The quantitative estimate of drug-likeness (QED) is 0.907. The number of hydrogen-bond donors (Lipinski definition) is 1. The number of rotatable bonds is 4. The van der Waals surface area contributed by atoms with Crippen LogP contribution in [0.2, 0.25) is 0 Å². The normalized spacial score (nSPS) is 22.8. The molecule has 1 aliphatic carbocycles. The van der Waals surface area contributed by atoms with Gasteiger partial charge in [-0.1, -0.05) is 60.7 Å². The summed E-state index contributed by atoms with van der Waals surface area (Å²) in [6.45, 7) is 0. The van der Waals surface area contributed by atoms with Crippen molar-refractivity contribution in [2.45, 2.75) is 18.4 Å². The summed E-state index contributed by atoms with van der Waals surface area (Å²) in [5.74, 6) is 0.626. The van der Waals surface area contributed by atoms with Crippen LogP contribution in [-0.4, -0.2) is 5.78 Å². The highest BCUT2D eigenvalue weighted by atomic mass is 16.1. The molecule has 0 spiro atoms. The second-order valence-electron chi connectivity index (χ2n) is 5.15. The molecular formula is C17H17NO. The lowest BCUT2D eigenvalue weighted by Crippen LogP contribution is -2.23. The van der Waals surface area contributed by atoms with Crippen molar-refractivity contribution in [1.29, 1.82) is 0 Å². The molecule has 2 N–H and O–H groups in total. The number of ketones is 1. The first-order valence-electron chi connectivity index (χ1n) is 6.66. The van der Waals surface area contributed by atoms with Crippen LogP contribution < -0.4 is 5.73 Å². The predicted molar refractivity (Wildman–Crippen MR) is 75.7 cm³/mol. The maximum Gasteiger partial charge on any atom is 0.157 e. The van der Waals surface area contributed by atoms with Crippen LogP contribution in [0.5, 0.6) is 0 Å². The van der Waals surface area contributed by atoms with Crippen molar-refractivity contribution in [3.8, 4) is 0 Å². The molecule has 1 fully saturated rings. The van der Waals surface area contributed by atoms with Gasteiger partial charge in [0, 0.05) is 5.92 Å². The average Bonchev–Trinajstić information content (AvgIpc) is 3.28. The van der Waals surface area contributed by atoms with E-state index in [2.05, 4.69) is 12.1 Å². The van der Waals surface area contributed by atoms with Gasteiger partial charge in [0.05, 0.1) is 6.04 Å². The van der Waals surface area contributed by atoms with Gasteiger partial charge < -0.3 is 5.73 Å². The van der Waals surface area contributed by atoms with E-state index in [-0.39, 0.29) is 11.7 Å². The fourth-order valence-corrected chi connectivity index (χ4v) is 2.63. The minimum absolute atomic E-state index is 0.0950. The Morgan fingerprint density at radius 1 is 1.00 bits per heavy atom. The summed E-state index contributed by atoms with van der Waals surface area (Å²) in [6.07, 6.45) is 0.934. The number of nitrogens with two attached hydrogens (primary N) is 1. The van der Waals surface area contributed by atoms with E-state index in [0.29, 0.717) is 5.92 Å². The summed E-state index contributed by atoms with van der Waals surface area (Å²) in [5, 5.41) is 0. The summed E-state index contributed by atoms with van der Waals surface area (Å²) in [5.41, 5.74) is 8.23. The fourth-order valence-electron chi connectivity index (χ4n) is 2.63. The Balaban J connectivity index is 1.70. The molecule has 0 amide bonds. The van der Waals surface area contributed by atoms with Crippen LogP contribution in [0.25, 0.3) is 0 Å². The standard InChI is InChI=1S/C17H17NO/c18-16(13-9-5-2-6-10-13)17(19)15-11-14(15)12-7-3-1-4-8-12/h1-10,14-16H,11,18H2/t14?,15?,16-/m1/s1. The Kier molecular flexibility index (Phi) is 3.18. The molecule has 2 heteroatoms. The molecule has 0 radical (unpaired) electrons. The van der Waals surface area contributed by atoms with Gasteiger partial charge >= 0.3 is 0 Å². The first-order chi connectivity index (χ1) is 9.27. The van der Waals surface area contributed by atoms with E-state index in [0.717, 1.165) is 12.0 Å². The minimum Gasteiger partial charge on any atom is -0.318 e. The molecule has 1 aliphatic rings. The van der Waals surface area contributed by atoms with Crippen molar-refractivity contribution in [2.24, 2.45) is 11.7 Å². The van der Waals surface area contributed by atoms with Gasteiger partial charge in [-0.05, 0) is 23.5 Å². The number of benzene rings is 2. The van der Waals surface area contributed by atoms with Gasteiger partial charge in [0.15, 0.2) is 5.78 Å². The molecule has 19 heavy (non-hydrogen) atoms. The lowest BCUT2D eigenvalue weighted by molar-refractivity contribution is -0.121. The summed E-state index contributed by atoms with van der Waals surface area (Å²) in [7, 11) is 0. The Morgan fingerprint density at radius 2 is 1.58 bits per heavy atom. The lowest BCUT2D eigenvalue weighted by atomic mass is 9.98. The maximum atomic E-state index is 12.4. The summed E-state index contributed by atoms with van der Waals surface area (Å²) in [6, 6.07) is 19.3. The lowest BCUT2D eigenvalue weighted by Gasteiger charge is -2.10. The zero-order valence-electron chi connectivity index (χ0n) is 10.7. The first-order valence-corrected chi connectivity index (χ1v) is 6.66. The van der Waals surface area contributed by atoms with Crippen LogP contribution in [0.3, 0.4) is 0 Å². The molecule has 0 aliphatic heterocycles. The van der Waals surface area contributed by atoms with E-state index in [4.69, 9.17) is 5.73 Å². The van der Waals surface area contributed by atoms with Crippen LogP contribution in [-0.2, 0) is 4.79 Å². The Bertz CT molecular complexity index is 564. The molecule has 2 unspecified atom stereocenters. The van der Waals surface area contributed by atoms with Crippen LogP contribution in [0.1, 0.15) is 29.5 Å². The molecule has 2 aromatic carbocycles. The van der Waals surface area contributed by atoms with Crippen LogP contribution in [0.4, 0.5) is 0 Å². The SMILES string of the molecule is N[C@@H](C(=O)C1CC1c1ccccc1)c1ccccc1. The molecule has 0 bridgehead atoms. The topological polar surface area (TPSA) is 43.1 Å². The minimum atomic E-state index is -0.486. The molecular weight excluding hydrogens is 234 g/mol. The molecule has 0 aromatic heterocycles. The van der Waals surface area contributed by atoms with Gasteiger partial charge in [0.25, 0.3) is 0 Å². The zero-order valence-corrected chi connectivity index (χ0v) is 10.7. The van der Waals surface area contributed by atoms with Crippen LogP contribution >= 0.6 is 0 Å². The van der Waals surface area contributed by atoms with E-state index < -0.39 is 6.04 Å². The number of carbonyl (C=O) groups excluding carboxylic acids is 1. The van der Waals surface area contributed by atoms with E-state index in [1.54, 1.807) is 0 Å². The van der Waals surface area contributed by atoms with Gasteiger partial charge in [-0.2, -0.15) is 0 Å². The van der Waals surface area contributed by atoms with Crippen molar-refractivity contribution in [1.82, 2.24) is 0 Å². The van der Waals surface area contributed by atoms with E-state index in [9.17, 15) is 4.79 Å². The van der Waals surface area contributed by atoms with E-state index in [1.165, 1.54) is 5.56 Å². The Labute approximate surface area is 113 Å². The van der Waals surface area contributed by atoms with Crippen LogP contribution in [0, 0.1) is 5.92 Å². The molecule has 2 aromatic rings. The highest BCUT2D eigenvalue weighted by Gasteiger charge is 2.45. The van der Waals surface area contributed by atoms with Gasteiger partial charge in [-0.15, -0.1) is 0 Å². The van der Waals surface area contributed by atoms with Crippen molar-refractivity contribution < 1.29 is 4.79 Å². The second-order valence-corrected chi connectivity index (χ2v) is 5.15. The molecule has 0 heterocycles. The van der Waals surface area contributed by atoms with Crippen molar-refractivity contribution in [3.63, 3.8) is 0 Å². The third-order valence-electron chi connectivity index (χ3n) is 3.85. The fraction of sp³-hybridized carbons (Fsp3) is 0.235. The van der Waals surface area contributed by atoms with Gasteiger partial charge in [-0.25, -0.2) is 0 Å². The summed E-state index contributed by atoms with van der Waals surface area (Å²) in [4.78, 5) is 12.4. The maximum absolute atomic E-state index is 12.4. The number of hydrogen-bond acceptors (Lipinski definition) is 2. The molecule has 0 saturated heterocycles. The van der Waals surface area contributed by atoms with E-state index in [1.807, 2.05) is 48.5 Å². The molecule has 96 valence electrons. The molecule has 1 saturated carbocycles. The highest BCUT2D eigenvalue weighted by Crippen LogP contribution is 2.49. The smallest absolute Gasteiger partial charge is 0.157 e. The zero-order chi connectivity index (χ0) is 13.2. The summed E-state index contributed by atoms with van der Waals surface area (Å²) < 4.78 is 0. The molecule has 3 rings (SSSR count).